The topological polar surface area (TPSA) is 85.2 Å². The summed E-state index contributed by atoms with van der Waals surface area (Å²) in [5.74, 6) is 4.48. The number of rotatable bonds is 2. The maximum Gasteiger partial charge on any atom is 0.418 e. The highest BCUT2D eigenvalue weighted by Crippen LogP contribution is 2.07. The van der Waals surface area contributed by atoms with Crippen LogP contribution in [-0.4, -0.2) is 22.5 Å². The van der Waals surface area contributed by atoms with Crippen molar-refractivity contribution < 1.29 is 13.9 Å². The van der Waals surface area contributed by atoms with Crippen LogP contribution in [0.4, 0.5) is 0 Å². The lowest BCUT2D eigenvalue weighted by Crippen LogP contribution is -2.01. The van der Waals surface area contributed by atoms with Crippen LogP contribution in [0.25, 0.3) is 11.2 Å². The number of nitrogens with zero attached hydrogens (tertiary/aromatic N) is 1. The van der Waals surface area contributed by atoms with Crippen LogP contribution in [0.1, 0.15) is 18.9 Å². The van der Waals surface area contributed by atoms with Gasteiger partial charge in [0.15, 0.2) is 11.2 Å². The molecule has 0 bridgehead atoms. The van der Waals surface area contributed by atoms with E-state index in [9.17, 15) is 9.59 Å². The van der Waals surface area contributed by atoms with Crippen molar-refractivity contribution in [3.8, 4) is 11.8 Å². The number of carbonyl (C=O) groups is 1. The van der Waals surface area contributed by atoms with Crippen LogP contribution in [0.2, 0.25) is 0 Å². The minimum absolute atomic E-state index is 0.0168. The molecule has 2 heterocycles. The van der Waals surface area contributed by atoms with E-state index >= 15 is 0 Å². The Bertz CT molecular complexity index is 687. The maximum absolute atomic E-state index is 11.0. The molecule has 18 heavy (non-hydrogen) atoms. The molecule has 6 heteroatoms. The van der Waals surface area contributed by atoms with E-state index in [1.807, 2.05) is 0 Å². The molecule has 6 nitrogen and oxygen atoms in total. The second kappa shape index (κ2) is 5.19. The Labute approximate surface area is 102 Å². The van der Waals surface area contributed by atoms with Crippen molar-refractivity contribution in [1.29, 1.82) is 0 Å². The Morgan fingerprint density at radius 1 is 1.61 bits per heavy atom. The number of esters is 1. The molecule has 0 aliphatic carbocycles. The molecule has 0 spiro atoms. The van der Waals surface area contributed by atoms with Crippen LogP contribution in [0, 0.1) is 11.8 Å². The van der Waals surface area contributed by atoms with E-state index in [1.165, 1.54) is 6.20 Å². The molecule has 0 fully saturated rings. The van der Waals surface area contributed by atoms with Gasteiger partial charge in [-0.15, -0.1) is 0 Å². The highest BCUT2D eigenvalue weighted by Gasteiger charge is 2.02. The van der Waals surface area contributed by atoms with Gasteiger partial charge in [-0.05, 0) is 6.92 Å². The largest absolute Gasteiger partial charge is 0.465 e. The van der Waals surface area contributed by atoms with Gasteiger partial charge in [-0.1, -0.05) is 11.8 Å². The lowest BCUT2D eigenvalue weighted by molar-refractivity contribution is -0.141. The minimum Gasteiger partial charge on any atom is -0.465 e. The number of ether oxygens (including phenoxy) is 1. The average Bonchev–Trinajstić information content (AvgIpc) is 2.69. The highest BCUT2D eigenvalue weighted by molar-refractivity contribution is 5.73. The monoisotopic (exact) mass is 246 g/mol. The predicted octanol–water partition coefficient (Wildman–Crippen LogP) is 0.821. The van der Waals surface area contributed by atoms with Crippen molar-refractivity contribution in [3.05, 3.63) is 28.4 Å². The SMILES string of the molecule is CCOC(=O)CC#Cc1cnc2[nH]c(=O)oc2c1. The summed E-state index contributed by atoms with van der Waals surface area (Å²) in [4.78, 5) is 28.3. The zero-order valence-corrected chi connectivity index (χ0v) is 9.65. The lowest BCUT2D eigenvalue weighted by Gasteiger charge is -1.94. The summed E-state index contributed by atoms with van der Waals surface area (Å²) in [5, 5.41) is 0. The van der Waals surface area contributed by atoms with Gasteiger partial charge in [0.25, 0.3) is 0 Å². The zero-order valence-electron chi connectivity index (χ0n) is 9.65. The second-order valence-electron chi connectivity index (χ2n) is 3.37. The minimum atomic E-state index is -0.561. The van der Waals surface area contributed by atoms with Crippen molar-refractivity contribution in [1.82, 2.24) is 9.97 Å². The van der Waals surface area contributed by atoms with Gasteiger partial charge in [0.2, 0.25) is 0 Å². The number of hydrogen-bond acceptors (Lipinski definition) is 5. The highest BCUT2D eigenvalue weighted by atomic mass is 16.5. The molecule has 0 aliphatic rings. The fourth-order valence-electron chi connectivity index (χ4n) is 1.34. The number of aromatic nitrogens is 2. The summed E-state index contributed by atoms with van der Waals surface area (Å²) in [5.41, 5.74) is 1.27. The molecule has 0 saturated heterocycles. The summed E-state index contributed by atoms with van der Waals surface area (Å²) < 4.78 is 9.57. The summed E-state index contributed by atoms with van der Waals surface area (Å²) in [6.45, 7) is 2.07. The van der Waals surface area contributed by atoms with E-state index < -0.39 is 5.76 Å². The number of H-pyrrole nitrogens is 1. The van der Waals surface area contributed by atoms with Crippen LogP contribution >= 0.6 is 0 Å². The number of oxazole rings is 1. The third-order valence-electron chi connectivity index (χ3n) is 2.05. The summed E-state index contributed by atoms with van der Waals surface area (Å²) >= 11 is 0. The number of carbonyl (C=O) groups excluding carboxylic acids is 1. The van der Waals surface area contributed by atoms with Gasteiger partial charge in [-0.25, -0.2) is 9.78 Å². The fraction of sp³-hybridized carbons (Fsp3) is 0.250. The van der Waals surface area contributed by atoms with E-state index in [-0.39, 0.29) is 12.4 Å². The first-order valence-corrected chi connectivity index (χ1v) is 5.32. The molecule has 1 N–H and O–H groups in total. The fourth-order valence-corrected chi connectivity index (χ4v) is 1.34. The van der Waals surface area contributed by atoms with Crippen LogP contribution in [0.15, 0.2) is 21.5 Å². The van der Waals surface area contributed by atoms with Gasteiger partial charge in [0.1, 0.15) is 6.42 Å². The lowest BCUT2D eigenvalue weighted by atomic mass is 10.2. The molecule has 0 aromatic carbocycles. The van der Waals surface area contributed by atoms with Crippen molar-refractivity contribution in [2.75, 3.05) is 6.61 Å². The molecule has 0 unspecified atom stereocenters. The van der Waals surface area contributed by atoms with Gasteiger partial charge >= 0.3 is 11.7 Å². The third-order valence-corrected chi connectivity index (χ3v) is 2.05. The third kappa shape index (κ3) is 2.77. The summed E-state index contributed by atoms with van der Waals surface area (Å²) in [6.07, 6.45) is 1.51. The smallest absolute Gasteiger partial charge is 0.418 e. The molecule has 2 aromatic rings. The first kappa shape index (κ1) is 11.9. The Morgan fingerprint density at radius 2 is 2.44 bits per heavy atom. The predicted molar refractivity (Wildman–Crippen MR) is 62.8 cm³/mol. The number of fused-ring (bicyclic) bond motifs is 1. The Kier molecular flexibility index (Phi) is 3.44. The summed E-state index contributed by atoms with van der Waals surface area (Å²) in [7, 11) is 0. The van der Waals surface area contributed by atoms with Crippen molar-refractivity contribution in [2.45, 2.75) is 13.3 Å². The van der Waals surface area contributed by atoms with Crippen LogP contribution in [-0.2, 0) is 9.53 Å². The normalized spacial score (nSPS) is 9.83. The van der Waals surface area contributed by atoms with Crippen molar-refractivity contribution in [2.24, 2.45) is 0 Å². The maximum atomic E-state index is 11.0. The van der Waals surface area contributed by atoms with Gasteiger partial charge in [-0.3, -0.25) is 9.78 Å². The second-order valence-corrected chi connectivity index (χ2v) is 3.37. The van der Waals surface area contributed by atoms with Gasteiger partial charge in [0.05, 0.1) is 6.61 Å². The molecule has 0 aliphatic heterocycles. The molecule has 92 valence electrons. The molecule has 2 aromatic heterocycles. The van der Waals surface area contributed by atoms with Crippen LogP contribution in [0.5, 0.6) is 0 Å². The van der Waals surface area contributed by atoms with Gasteiger partial charge < -0.3 is 9.15 Å². The Morgan fingerprint density at radius 3 is 3.22 bits per heavy atom. The molecular formula is C12H10N2O4. The quantitative estimate of drug-likeness (QED) is 0.626. The molecule has 0 saturated carbocycles. The first-order chi connectivity index (χ1) is 8.69. The van der Waals surface area contributed by atoms with E-state index in [1.54, 1.807) is 13.0 Å². The van der Waals surface area contributed by atoms with Gasteiger partial charge in [0, 0.05) is 17.8 Å². The number of pyridine rings is 1. The number of hydrogen-bond donors (Lipinski definition) is 1. The molecule has 0 amide bonds. The van der Waals surface area contributed by atoms with E-state index in [2.05, 4.69) is 21.8 Å². The molecule has 2 rings (SSSR count). The zero-order chi connectivity index (χ0) is 13.0. The van der Waals surface area contributed by atoms with E-state index in [0.717, 1.165) is 0 Å². The van der Waals surface area contributed by atoms with E-state index in [0.29, 0.717) is 23.4 Å². The van der Waals surface area contributed by atoms with Crippen LogP contribution in [0.3, 0.4) is 0 Å². The van der Waals surface area contributed by atoms with Crippen molar-refractivity contribution in [3.63, 3.8) is 0 Å². The van der Waals surface area contributed by atoms with Crippen LogP contribution < -0.4 is 5.76 Å². The Hall–Kier alpha value is -2.55. The van der Waals surface area contributed by atoms with Gasteiger partial charge in [-0.2, -0.15) is 0 Å². The van der Waals surface area contributed by atoms with Crippen molar-refractivity contribution >= 4 is 17.2 Å². The number of aromatic amines is 1. The first-order valence-electron chi connectivity index (χ1n) is 5.32. The average molecular weight is 246 g/mol. The number of nitrogens with one attached hydrogen (secondary N) is 1. The molecule has 0 atom stereocenters. The summed E-state index contributed by atoms with van der Waals surface area (Å²) in [6, 6.07) is 1.58. The Balaban J connectivity index is 2.14. The molecule has 0 radical (unpaired) electrons. The standard InChI is InChI=1S/C12H10N2O4/c1-2-17-10(15)5-3-4-8-6-9-11(13-7-8)14-12(16)18-9/h6-7H,2,5H2,1H3,(H,13,14,16). The van der Waals surface area contributed by atoms with E-state index in [4.69, 9.17) is 9.15 Å². The molecular weight excluding hydrogens is 236 g/mol.